The van der Waals surface area contributed by atoms with Crippen molar-refractivity contribution in [1.82, 2.24) is 0 Å². The maximum absolute atomic E-state index is 13.7. The minimum atomic E-state index is -1.11. The standard InChI is InChI=1S/C12H14F2O2S/c1-7-2-3-8(11(14)10(7)13)12(15)9-6-17-5-4-16-9/h2-3,9,12,15H,4-6H2,1H3. The van der Waals surface area contributed by atoms with Crippen LogP contribution < -0.4 is 0 Å². The lowest BCUT2D eigenvalue weighted by Gasteiger charge is -2.27. The molecule has 0 spiro atoms. The quantitative estimate of drug-likeness (QED) is 0.885. The number of benzene rings is 1. The number of aliphatic hydroxyl groups is 1. The van der Waals surface area contributed by atoms with Gasteiger partial charge in [0, 0.05) is 17.1 Å². The van der Waals surface area contributed by atoms with Crippen molar-refractivity contribution in [1.29, 1.82) is 0 Å². The van der Waals surface area contributed by atoms with Crippen LogP contribution in [0.15, 0.2) is 12.1 Å². The number of aliphatic hydroxyl groups excluding tert-OH is 1. The number of thioether (sulfide) groups is 1. The van der Waals surface area contributed by atoms with Crippen LogP contribution in [0, 0.1) is 18.6 Å². The number of rotatable bonds is 2. The summed E-state index contributed by atoms with van der Waals surface area (Å²) in [7, 11) is 0. The van der Waals surface area contributed by atoms with Gasteiger partial charge in [-0.15, -0.1) is 0 Å². The third kappa shape index (κ3) is 2.61. The van der Waals surface area contributed by atoms with Crippen LogP contribution in [0.25, 0.3) is 0 Å². The summed E-state index contributed by atoms with van der Waals surface area (Å²) in [5.41, 5.74) is 0.206. The molecule has 2 rings (SSSR count). The zero-order valence-corrected chi connectivity index (χ0v) is 10.3. The second-order valence-corrected chi connectivity index (χ2v) is 5.18. The third-order valence-corrected chi connectivity index (χ3v) is 3.84. The zero-order valence-electron chi connectivity index (χ0n) is 9.45. The summed E-state index contributed by atoms with van der Waals surface area (Å²) in [6, 6.07) is 2.88. The van der Waals surface area contributed by atoms with Crippen molar-refractivity contribution in [2.45, 2.75) is 19.1 Å². The molecule has 0 radical (unpaired) electrons. The molecule has 1 aromatic carbocycles. The molecule has 1 fully saturated rings. The van der Waals surface area contributed by atoms with Crippen LogP contribution in [-0.4, -0.2) is 29.3 Å². The Morgan fingerprint density at radius 2 is 2.18 bits per heavy atom. The molecule has 1 aliphatic heterocycles. The maximum atomic E-state index is 13.7. The van der Waals surface area contributed by atoms with E-state index in [1.54, 1.807) is 11.8 Å². The second kappa shape index (κ2) is 5.33. The number of hydrogen-bond acceptors (Lipinski definition) is 3. The van der Waals surface area contributed by atoms with E-state index < -0.39 is 23.8 Å². The first-order chi connectivity index (χ1) is 8.11. The summed E-state index contributed by atoms with van der Waals surface area (Å²) in [4.78, 5) is 0. The van der Waals surface area contributed by atoms with Gasteiger partial charge < -0.3 is 9.84 Å². The van der Waals surface area contributed by atoms with Crippen molar-refractivity contribution in [3.63, 3.8) is 0 Å². The molecule has 2 nitrogen and oxygen atoms in total. The van der Waals surface area contributed by atoms with Gasteiger partial charge in [0.2, 0.25) is 0 Å². The molecule has 1 heterocycles. The monoisotopic (exact) mass is 260 g/mol. The number of aryl methyl sites for hydroxylation is 1. The highest BCUT2D eigenvalue weighted by Gasteiger charge is 2.27. The fourth-order valence-electron chi connectivity index (χ4n) is 1.78. The Hall–Kier alpha value is -0.650. The van der Waals surface area contributed by atoms with Crippen LogP contribution in [0.1, 0.15) is 17.2 Å². The highest BCUT2D eigenvalue weighted by atomic mass is 32.2. The van der Waals surface area contributed by atoms with Crippen molar-refractivity contribution in [3.05, 3.63) is 34.9 Å². The lowest BCUT2D eigenvalue weighted by Crippen LogP contribution is -2.30. The van der Waals surface area contributed by atoms with Crippen molar-refractivity contribution in [2.24, 2.45) is 0 Å². The van der Waals surface area contributed by atoms with E-state index >= 15 is 0 Å². The van der Waals surface area contributed by atoms with Crippen molar-refractivity contribution in [2.75, 3.05) is 18.1 Å². The molecular weight excluding hydrogens is 246 g/mol. The maximum Gasteiger partial charge on any atom is 0.164 e. The lowest BCUT2D eigenvalue weighted by molar-refractivity contribution is -0.0244. The summed E-state index contributed by atoms with van der Waals surface area (Å²) in [6.07, 6.45) is -1.58. The number of ether oxygens (including phenoxy) is 1. The second-order valence-electron chi connectivity index (χ2n) is 4.03. The Bertz CT molecular complexity index is 406. The first kappa shape index (κ1) is 12.8. The van der Waals surface area contributed by atoms with Gasteiger partial charge in [-0.2, -0.15) is 11.8 Å². The predicted molar refractivity (Wildman–Crippen MR) is 63.1 cm³/mol. The molecule has 0 saturated carbocycles. The topological polar surface area (TPSA) is 29.5 Å². The van der Waals surface area contributed by atoms with E-state index in [2.05, 4.69) is 0 Å². The Morgan fingerprint density at radius 1 is 1.41 bits per heavy atom. The van der Waals surface area contributed by atoms with Crippen molar-refractivity contribution >= 4 is 11.8 Å². The van der Waals surface area contributed by atoms with Gasteiger partial charge in [0.05, 0.1) is 12.7 Å². The van der Waals surface area contributed by atoms with Gasteiger partial charge in [-0.1, -0.05) is 12.1 Å². The van der Waals surface area contributed by atoms with Crippen LogP contribution in [-0.2, 0) is 4.74 Å². The minimum Gasteiger partial charge on any atom is -0.386 e. The van der Waals surface area contributed by atoms with E-state index in [0.717, 1.165) is 5.75 Å². The van der Waals surface area contributed by atoms with Crippen LogP contribution in [0.3, 0.4) is 0 Å². The van der Waals surface area contributed by atoms with E-state index in [4.69, 9.17) is 4.74 Å². The molecule has 1 saturated heterocycles. The number of halogens is 2. The largest absolute Gasteiger partial charge is 0.386 e. The molecule has 0 aromatic heterocycles. The summed E-state index contributed by atoms with van der Waals surface area (Å²) < 4.78 is 32.4. The van der Waals surface area contributed by atoms with Crippen LogP contribution in [0.2, 0.25) is 0 Å². The Morgan fingerprint density at radius 3 is 2.82 bits per heavy atom. The van der Waals surface area contributed by atoms with Gasteiger partial charge in [-0.25, -0.2) is 8.78 Å². The third-order valence-electron chi connectivity index (χ3n) is 2.82. The minimum absolute atomic E-state index is 0.0272. The van der Waals surface area contributed by atoms with Gasteiger partial charge in [-0.05, 0) is 12.5 Å². The Labute approximate surface area is 103 Å². The summed E-state index contributed by atoms with van der Waals surface area (Å²) in [5.74, 6) is -0.411. The molecular formula is C12H14F2O2S. The molecule has 17 heavy (non-hydrogen) atoms. The van der Waals surface area contributed by atoms with E-state index in [9.17, 15) is 13.9 Å². The van der Waals surface area contributed by atoms with E-state index in [1.807, 2.05) is 0 Å². The fourth-order valence-corrected chi connectivity index (χ4v) is 2.67. The van der Waals surface area contributed by atoms with Gasteiger partial charge in [0.1, 0.15) is 6.10 Å². The van der Waals surface area contributed by atoms with Crippen molar-refractivity contribution < 1.29 is 18.6 Å². The average Bonchev–Trinajstić information content (AvgIpc) is 2.36. The molecule has 2 unspecified atom stereocenters. The van der Waals surface area contributed by atoms with Crippen LogP contribution in [0.5, 0.6) is 0 Å². The van der Waals surface area contributed by atoms with Gasteiger partial charge in [0.15, 0.2) is 11.6 Å². The molecule has 94 valence electrons. The number of hydrogen-bond donors (Lipinski definition) is 1. The fraction of sp³-hybridized carbons (Fsp3) is 0.500. The SMILES string of the molecule is Cc1ccc(C(O)C2CSCCO2)c(F)c1F. The average molecular weight is 260 g/mol. The Balaban J connectivity index is 2.24. The predicted octanol–water partition coefficient (Wildman–Crippen LogP) is 2.44. The first-order valence-electron chi connectivity index (χ1n) is 5.43. The molecule has 5 heteroatoms. The van der Waals surface area contributed by atoms with E-state index in [-0.39, 0.29) is 11.1 Å². The first-order valence-corrected chi connectivity index (χ1v) is 6.58. The Kier molecular flexibility index (Phi) is 4.01. The van der Waals surface area contributed by atoms with E-state index in [0.29, 0.717) is 12.4 Å². The van der Waals surface area contributed by atoms with E-state index in [1.165, 1.54) is 19.1 Å². The molecule has 1 N–H and O–H groups in total. The summed E-state index contributed by atoms with van der Waals surface area (Å²) in [5, 5.41) is 10.00. The van der Waals surface area contributed by atoms with Gasteiger partial charge >= 0.3 is 0 Å². The lowest BCUT2D eigenvalue weighted by atomic mass is 10.0. The van der Waals surface area contributed by atoms with Crippen LogP contribution in [0.4, 0.5) is 8.78 Å². The molecule has 2 atom stereocenters. The highest BCUT2D eigenvalue weighted by Crippen LogP contribution is 2.28. The van der Waals surface area contributed by atoms with Gasteiger partial charge in [0.25, 0.3) is 0 Å². The highest BCUT2D eigenvalue weighted by molar-refractivity contribution is 7.99. The van der Waals surface area contributed by atoms with Crippen LogP contribution >= 0.6 is 11.8 Å². The summed E-state index contributed by atoms with van der Waals surface area (Å²) >= 11 is 1.64. The molecule has 0 aliphatic carbocycles. The molecule has 0 amide bonds. The normalized spacial score (nSPS) is 22.5. The van der Waals surface area contributed by atoms with Crippen molar-refractivity contribution in [3.8, 4) is 0 Å². The molecule has 1 aromatic rings. The van der Waals surface area contributed by atoms with Gasteiger partial charge in [-0.3, -0.25) is 0 Å². The smallest absolute Gasteiger partial charge is 0.164 e. The molecule has 1 aliphatic rings. The summed E-state index contributed by atoms with van der Waals surface area (Å²) in [6.45, 7) is 2.02. The zero-order chi connectivity index (χ0) is 12.4. The molecule has 0 bridgehead atoms.